The van der Waals surface area contributed by atoms with E-state index in [1.54, 1.807) is 57.2 Å². The van der Waals surface area contributed by atoms with Gasteiger partial charge in [0.05, 0.1) is 31.2 Å². The predicted octanol–water partition coefficient (Wildman–Crippen LogP) is 3.44. The number of nitro benzene ring substituents is 1. The molecule has 0 fully saturated rings. The van der Waals surface area contributed by atoms with Crippen molar-refractivity contribution in [3.8, 4) is 0 Å². The monoisotopic (exact) mass is 457 g/mol. The van der Waals surface area contributed by atoms with Crippen molar-refractivity contribution in [1.82, 2.24) is 0 Å². The van der Waals surface area contributed by atoms with E-state index in [9.17, 15) is 24.5 Å². The van der Waals surface area contributed by atoms with Gasteiger partial charge in [0, 0.05) is 18.1 Å². The second-order valence-corrected chi connectivity index (χ2v) is 7.18. The van der Waals surface area contributed by atoms with Crippen LogP contribution in [0.3, 0.4) is 0 Å². The smallest absolute Gasteiger partial charge is 0.328 e. The molecule has 0 aliphatic heterocycles. The number of nitrogens with zero attached hydrogens (tertiary/aromatic N) is 1. The number of hydrogen-bond acceptors (Lipinski definition) is 8. The maximum Gasteiger partial charge on any atom is 0.328 e. The molecule has 0 aromatic heterocycles. The van der Waals surface area contributed by atoms with Crippen molar-refractivity contribution in [1.29, 1.82) is 0 Å². The average molecular weight is 457 g/mol. The molecule has 33 heavy (non-hydrogen) atoms. The highest BCUT2D eigenvalue weighted by Crippen LogP contribution is 2.32. The van der Waals surface area contributed by atoms with Gasteiger partial charge in [0.1, 0.15) is 0 Å². The van der Waals surface area contributed by atoms with Gasteiger partial charge in [-0.3, -0.25) is 24.5 Å². The summed E-state index contributed by atoms with van der Waals surface area (Å²) in [7, 11) is 0. The summed E-state index contributed by atoms with van der Waals surface area (Å²) < 4.78 is 15.7. The molecule has 9 nitrogen and oxygen atoms in total. The summed E-state index contributed by atoms with van der Waals surface area (Å²) in [6, 6.07) is 12.8. The molecule has 2 aromatic carbocycles. The molecule has 0 amide bonds. The first-order valence-corrected chi connectivity index (χ1v) is 10.6. The Morgan fingerprint density at radius 1 is 0.909 bits per heavy atom. The van der Waals surface area contributed by atoms with E-state index in [0.717, 1.165) is 0 Å². The zero-order valence-electron chi connectivity index (χ0n) is 18.9. The molecule has 0 atom stereocenters. The Bertz CT molecular complexity index is 985. The van der Waals surface area contributed by atoms with Gasteiger partial charge in [-0.2, -0.15) is 0 Å². The topological polar surface area (TPSA) is 122 Å². The van der Waals surface area contributed by atoms with E-state index in [4.69, 9.17) is 14.2 Å². The lowest BCUT2D eigenvalue weighted by Crippen LogP contribution is -2.47. The lowest BCUT2D eigenvalue weighted by molar-refractivity contribution is -0.385. The Balaban J connectivity index is 2.23. The number of benzene rings is 2. The van der Waals surface area contributed by atoms with Crippen molar-refractivity contribution in [2.75, 3.05) is 19.8 Å². The first kappa shape index (κ1) is 25.5. The minimum absolute atomic E-state index is 0.0542. The molecule has 176 valence electrons. The highest BCUT2D eigenvalue weighted by Gasteiger charge is 2.50. The molecule has 0 heterocycles. The van der Waals surface area contributed by atoms with Crippen LogP contribution in [-0.2, 0) is 40.4 Å². The van der Waals surface area contributed by atoms with Crippen LogP contribution in [0.2, 0.25) is 0 Å². The van der Waals surface area contributed by atoms with E-state index < -0.39 is 28.2 Å². The van der Waals surface area contributed by atoms with Crippen LogP contribution >= 0.6 is 0 Å². The predicted molar refractivity (Wildman–Crippen MR) is 118 cm³/mol. The van der Waals surface area contributed by atoms with Crippen LogP contribution in [0, 0.1) is 17.0 Å². The Labute approximate surface area is 191 Å². The number of ether oxygens (including phenoxy) is 3. The first-order valence-electron chi connectivity index (χ1n) is 10.6. The Hall–Kier alpha value is -3.75. The van der Waals surface area contributed by atoms with Gasteiger partial charge in [-0.1, -0.05) is 42.5 Å². The molecule has 0 spiro atoms. The lowest BCUT2D eigenvalue weighted by Gasteiger charge is -2.29. The van der Waals surface area contributed by atoms with Crippen LogP contribution in [-0.4, -0.2) is 42.7 Å². The zero-order chi connectivity index (χ0) is 24.4. The third kappa shape index (κ3) is 5.94. The molecule has 0 saturated carbocycles. The van der Waals surface area contributed by atoms with E-state index in [1.807, 2.05) is 0 Å². The van der Waals surface area contributed by atoms with E-state index in [-0.39, 0.29) is 38.3 Å². The van der Waals surface area contributed by atoms with Crippen LogP contribution in [0.25, 0.3) is 0 Å². The highest BCUT2D eigenvalue weighted by molar-refractivity contribution is 6.06. The summed E-state index contributed by atoms with van der Waals surface area (Å²) in [6.45, 7) is 4.65. The second-order valence-electron chi connectivity index (χ2n) is 7.18. The molecule has 0 N–H and O–H groups in total. The standard InChI is InChI=1S/C24H27NO8/c1-4-31-22(27)24(23(28)32-5-2,19-11-7-6-8-12-19)14-15-33-21(26)16-18-10-9-13-20(17(18)3)25(29)30/h6-13H,4-5,14-16H2,1-3H3. The Morgan fingerprint density at radius 3 is 2.06 bits per heavy atom. The maximum absolute atomic E-state index is 13.0. The average Bonchev–Trinajstić information content (AvgIpc) is 2.79. The lowest BCUT2D eigenvalue weighted by atomic mass is 9.77. The third-order valence-corrected chi connectivity index (χ3v) is 5.20. The molecular weight excluding hydrogens is 430 g/mol. The molecule has 0 unspecified atom stereocenters. The zero-order valence-corrected chi connectivity index (χ0v) is 18.9. The molecule has 0 aliphatic rings. The quantitative estimate of drug-likeness (QED) is 0.165. The molecule has 0 radical (unpaired) electrons. The fraction of sp³-hybridized carbons (Fsp3) is 0.375. The van der Waals surface area contributed by atoms with E-state index in [0.29, 0.717) is 16.7 Å². The number of hydrogen-bond donors (Lipinski definition) is 0. The van der Waals surface area contributed by atoms with Crippen molar-refractivity contribution >= 4 is 23.6 Å². The van der Waals surface area contributed by atoms with Crippen LogP contribution < -0.4 is 0 Å². The summed E-state index contributed by atoms with van der Waals surface area (Å²) in [5.74, 6) is -2.23. The van der Waals surface area contributed by atoms with E-state index in [1.165, 1.54) is 12.1 Å². The molecule has 9 heteroatoms. The fourth-order valence-electron chi connectivity index (χ4n) is 3.48. The van der Waals surface area contributed by atoms with Gasteiger partial charge in [0.2, 0.25) is 0 Å². The normalized spacial score (nSPS) is 10.9. The number of carbonyl (C=O) groups is 3. The highest BCUT2D eigenvalue weighted by atomic mass is 16.6. The SMILES string of the molecule is CCOC(=O)C(CCOC(=O)Cc1cccc([N+](=O)[O-])c1C)(C(=O)OCC)c1ccccc1. The van der Waals surface area contributed by atoms with Crippen molar-refractivity contribution in [2.45, 2.75) is 39.0 Å². The number of esters is 3. The summed E-state index contributed by atoms with van der Waals surface area (Å²) >= 11 is 0. The summed E-state index contributed by atoms with van der Waals surface area (Å²) in [4.78, 5) is 49.0. The minimum Gasteiger partial charge on any atom is -0.465 e. The van der Waals surface area contributed by atoms with Gasteiger partial charge in [0.15, 0.2) is 5.41 Å². The van der Waals surface area contributed by atoms with Gasteiger partial charge in [-0.15, -0.1) is 0 Å². The van der Waals surface area contributed by atoms with Crippen LogP contribution in [0.5, 0.6) is 0 Å². The summed E-state index contributed by atoms with van der Waals surface area (Å²) in [6.07, 6.45) is -0.376. The van der Waals surface area contributed by atoms with Gasteiger partial charge in [-0.25, -0.2) is 0 Å². The van der Waals surface area contributed by atoms with Gasteiger partial charge >= 0.3 is 17.9 Å². The Kier molecular flexibility index (Phi) is 9.08. The summed E-state index contributed by atoms with van der Waals surface area (Å²) in [5, 5.41) is 11.1. The molecule has 2 aromatic rings. The Morgan fingerprint density at radius 2 is 1.52 bits per heavy atom. The van der Waals surface area contributed by atoms with Crippen LogP contribution in [0.1, 0.15) is 37.0 Å². The van der Waals surface area contributed by atoms with Crippen molar-refractivity contribution < 1.29 is 33.5 Å². The third-order valence-electron chi connectivity index (χ3n) is 5.20. The van der Waals surface area contributed by atoms with Crippen molar-refractivity contribution in [2.24, 2.45) is 0 Å². The molecular formula is C24H27NO8. The molecule has 0 bridgehead atoms. The van der Waals surface area contributed by atoms with Gasteiger partial charge in [-0.05, 0) is 31.9 Å². The second kappa shape index (κ2) is 11.8. The van der Waals surface area contributed by atoms with E-state index in [2.05, 4.69) is 0 Å². The number of nitro groups is 1. The van der Waals surface area contributed by atoms with Crippen LogP contribution in [0.4, 0.5) is 5.69 Å². The number of carbonyl (C=O) groups excluding carboxylic acids is 3. The molecule has 0 aliphatic carbocycles. The first-order chi connectivity index (χ1) is 15.8. The van der Waals surface area contributed by atoms with Crippen molar-refractivity contribution in [3.05, 3.63) is 75.3 Å². The molecule has 2 rings (SSSR count). The maximum atomic E-state index is 13.0. The fourth-order valence-corrected chi connectivity index (χ4v) is 3.48. The van der Waals surface area contributed by atoms with E-state index >= 15 is 0 Å². The van der Waals surface area contributed by atoms with Gasteiger partial charge < -0.3 is 14.2 Å². The van der Waals surface area contributed by atoms with Crippen LogP contribution in [0.15, 0.2) is 48.5 Å². The minimum atomic E-state index is -1.80. The van der Waals surface area contributed by atoms with Gasteiger partial charge in [0.25, 0.3) is 5.69 Å². The molecule has 0 saturated heterocycles. The largest absolute Gasteiger partial charge is 0.465 e. The summed E-state index contributed by atoms with van der Waals surface area (Å²) in [5.41, 5.74) is -0.689. The number of rotatable bonds is 11. The van der Waals surface area contributed by atoms with Crippen molar-refractivity contribution in [3.63, 3.8) is 0 Å².